The van der Waals surface area contributed by atoms with E-state index in [2.05, 4.69) is 10.3 Å². The van der Waals surface area contributed by atoms with E-state index in [4.69, 9.17) is 4.74 Å². The summed E-state index contributed by atoms with van der Waals surface area (Å²) in [5.41, 5.74) is 1.94. The van der Waals surface area contributed by atoms with Crippen LogP contribution in [0.5, 0.6) is 5.75 Å². The Balaban J connectivity index is 1.91. The van der Waals surface area contributed by atoms with E-state index in [0.29, 0.717) is 29.3 Å². The Kier molecular flexibility index (Phi) is 5.04. The van der Waals surface area contributed by atoms with Crippen LogP contribution in [0.15, 0.2) is 66.9 Å². The fourth-order valence-corrected chi connectivity index (χ4v) is 2.44. The number of nitrogens with one attached hydrogen (secondary N) is 1. The number of anilines is 1. The molecular weight excluding hydrogens is 319 g/mol. The summed E-state index contributed by atoms with van der Waals surface area (Å²) in [6.45, 7) is 1.75. The number of amides is 1. The molecular formula is C20H17FN2O2. The van der Waals surface area contributed by atoms with Crippen molar-refractivity contribution >= 4 is 11.7 Å². The normalized spacial score (nSPS) is 10.3. The van der Waals surface area contributed by atoms with E-state index in [-0.39, 0.29) is 5.91 Å². The Labute approximate surface area is 145 Å². The first kappa shape index (κ1) is 16.6. The predicted molar refractivity (Wildman–Crippen MR) is 94.7 cm³/mol. The van der Waals surface area contributed by atoms with Gasteiger partial charge in [-0.25, -0.2) is 9.37 Å². The van der Waals surface area contributed by atoms with E-state index in [0.717, 1.165) is 11.8 Å². The Morgan fingerprint density at radius 2 is 1.80 bits per heavy atom. The minimum absolute atomic E-state index is 0.265. The Morgan fingerprint density at radius 3 is 2.56 bits per heavy atom. The lowest BCUT2D eigenvalue weighted by Crippen LogP contribution is -2.08. The van der Waals surface area contributed by atoms with Crippen LogP contribution in [0.3, 0.4) is 0 Å². The molecule has 0 aliphatic heterocycles. The van der Waals surface area contributed by atoms with Crippen molar-refractivity contribution < 1.29 is 13.9 Å². The standard InChI is InChI=1S/C20H17FN2O2/c1-14(24)23-20-11-17(18(21)12-22-20)16-9-5-6-10-19(16)25-13-15-7-3-2-4-8-15/h2-12H,13H2,1H3,(H,22,23,24). The fraction of sp³-hybridized carbons (Fsp3) is 0.100. The summed E-state index contributed by atoms with van der Waals surface area (Å²) in [6, 6.07) is 18.4. The van der Waals surface area contributed by atoms with E-state index in [1.165, 1.54) is 13.0 Å². The fourth-order valence-electron chi connectivity index (χ4n) is 2.44. The van der Waals surface area contributed by atoms with Gasteiger partial charge >= 0.3 is 0 Å². The smallest absolute Gasteiger partial charge is 0.222 e. The molecule has 1 heterocycles. The molecule has 0 bridgehead atoms. The molecule has 1 N–H and O–H groups in total. The van der Waals surface area contributed by atoms with Gasteiger partial charge in [0.1, 0.15) is 24.0 Å². The molecule has 0 atom stereocenters. The van der Waals surface area contributed by atoms with Gasteiger partial charge < -0.3 is 10.1 Å². The molecule has 0 aliphatic carbocycles. The number of hydrogen-bond donors (Lipinski definition) is 1. The zero-order valence-corrected chi connectivity index (χ0v) is 13.7. The number of hydrogen-bond acceptors (Lipinski definition) is 3. The zero-order valence-electron chi connectivity index (χ0n) is 13.7. The second-order valence-corrected chi connectivity index (χ2v) is 5.50. The highest BCUT2D eigenvalue weighted by molar-refractivity contribution is 5.88. The lowest BCUT2D eigenvalue weighted by atomic mass is 10.1. The topological polar surface area (TPSA) is 51.2 Å². The van der Waals surface area contributed by atoms with Crippen LogP contribution in [0.25, 0.3) is 11.1 Å². The molecule has 1 aromatic heterocycles. The molecule has 0 radical (unpaired) electrons. The van der Waals surface area contributed by atoms with Crippen LogP contribution in [0.2, 0.25) is 0 Å². The lowest BCUT2D eigenvalue weighted by Gasteiger charge is -2.13. The first-order chi connectivity index (χ1) is 12.1. The molecule has 3 rings (SSSR count). The molecule has 0 aliphatic rings. The summed E-state index contributed by atoms with van der Waals surface area (Å²) in [6.07, 6.45) is 1.09. The van der Waals surface area contributed by atoms with Crippen molar-refractivity contribution in [2.24, 2.45) is 0 Å². The van der Waals surface area contributed by atoms with E-state index < -0.39 is 5.82 Å². The van der Waals surface area contributed by atoms with Gasteiger partial charge in [0.2, 0.25) is 5.91 Å². The molecule has 4 nitrogen and oxygen atoms in total. The summed E-state index contributed by atoms with van der Waals surface area (Å²) >= 11 is 0. The molecule has 126 valence electrons. The van der Waals surface area contributed by atoms with Gasteiger partial charge in [0.25, 0.3) is 0 Å². The highest BCUT2D eigenvalue weighted by Gasteiger charge is 2.13. The Hall–Kier alpha value is -3.21. The molecule has 5 heteroatoms. The largest absolute Gasteiger partial charge is 0.488 e. The lowest BCUT2D eigenvalue weighted by molar-refractivity contribution is -0.114. The van der Waals surface area contributed by atoms with Gasteiger partial charge in [-0.1, -0.05) is 48.5 Å². The van der Waals surface area contributed by atoms with E-state index in [9.17, 15) is 9.18 Å². The van der Waals surface area contributed by atoms with Crippen LogP contribution in [0.4, 0.5) is 10.2 Å². The van der Waals surface area contributed by atoms with E-state index >= 15 is 0 Å². The number of halogens is 1. The average molecular weight is 336 g/mol. The molecule has 25 heavy (non-hydrogen) atoms. The molecule has 1 amide bonds. The van der Waals surface area contributed by atoms with Crippen LogP contribution < -0.4 is 10.1 Å². The predicted octanol–water partition coefficient (Wildman–Crippen LogP) is 4.43. The summed E-state index contributed by atoms with van der Waals surface area (Å²) in [4.78, 5) is 15.1. The number of rotatable bonds is 5. The first-order valence-electron chi connectivity index (χ1n) is 7.83. The van der Waals surface area contributed by atoms with Crippen molar-refractivity contribution in [3.05, 3.63) is 78.2 Å². The molecule has 0 saturated carbocycles. The van der Waals surface area contributed by atoms with Crippen LogP contribution in [-0.2, 0) is 11.4 Å². The maximum Gasteiger partial charge on any atom is 0.222 e. The highest BCUT2D eigenvalue weighted by atomic mass is 19.1. The monoisotopic (exact) mass is 336 g/mol. The SMILES string of the molecule is CC(=O)Nc1cc(-c2ccccc2OCc2ccccc2)c(F)cn1. The van der Waals surface area contributed by atoms with Crippen LogP contribution in [0.1, 0.15) is 12.5 Å². The van der Waals surface area contributed by atoms with E-state index in [1.807, 2.05) is 42.5 Å². The van der Waals surface area contributed by atoms with Gasteiger partial charge in [0, 0.05) is 18.1 Å². The van der Waals surface area contributed by atoms with Crippen molar-refractivity contribution in [2.45, 2.75) is 13.5 Å². The number of benzene rings is 2. The molecule has 0 unspecified atom stereocenters. The minimum Gasteiger partial charge on any atom is -0.488 e. The second kappa shape index (κ2) is 7.57. The Morgan fingerprint density at radius 1 is 1.08 bits per heavy atom. The summed E-state index contributed by atoms with van der Waals surface area (Å²) in [5.74, 6) is 0.107. The maximum atomic E-state index is 14.3. The van der Waals surface area contributed by atoms with Crippen LogP contribution >= 0.6 is 0 Å². The summed E-state index contributed by atoms with van der Waals surface area (Å²) in [7, 11) is 0. The van der Waals surface area contributed by atoms with Gasteiger partial charge in [-0.15, -0.1) is 0 Å². The van der Waals surface area contributed by atoms with Gasteiger partial charge in [0.05, 0.1) is 6.20 Å². The summed E-state index contributed by atoms with van der Waals surface area (Å²) < 4.78 is 20.2. The second-order valence-electron chi connectivity index (χ2n) is 5.50. The van der Waals surface area contributed by atoms with Gasteiger partial charge in [0.15, 0.2) is 0 Å². The van der Waals surface area contributed by atoms with Crippen molar-refractivity contribution in [3.63, 3.8) is 0 Å². The van der Waals surface area contributed by atoms with Gasteiger partial charge in [-0.2, -0.15) is 0 Å². The third-order valence-electron chi connectivity index (χ3n) is 3.57. The van der Waals surface area contributed by atoms with Crippen molar-refractivity contribution in [2.75, 3.05) is 5.32 Å². The molecule has 0 fully saturated rings. The maximum absolute atomic E-state index is 14.3. The van der Waals surface area contributed by atoms with Crippen molar-refractivity contribution in [1.82, 2.24) is 4.98 Å². The number of aromatic nitrogens is 1. The number of carbonyl (C=O) groups is 1. The molecule has 2 aromatic carbocycles. The molecule has 3 aromatic rings. The third kappa shape index (κ3) is 4.20. The Bertz CT molecular complexity index is 882. The number of para-hydroxylation sites is 1. The van der Waals surface area contributed by atoms with Crippen LogP contribution in [0, 0.1) is 5.82 Å². The molecule has 0 saturated heterocycles. The van der Waals surface area contributed by atoms with Gasteiger partial charge in [-0.05, 0) is 17.7 Å². The highest BCUT2D eigenvalue weighted by Crippen LogP contribution is 2.33. The molecule has 0 spiro atoms. The zero-order chi connectivity index (χ0) is 17.6. The number of ether oxygens (including phenoxy) is 1. The van der Waals surface area contributed by atoms with Crippen LogP contribution in [-0.4, -0.2) is 10.9 Å². The van der Waals surface area contributed by atoms with Gasteiger partial charge in [-0.3, -0.25) is 4.79 Å². The minimum atomic E-state index is -0.482. The quantitative estimate of drug-likeness (QED) is 0.750. The summed E-state index contributed by atoms with van der Waals surface area (Å²) in [5, 5.41) is 2.56. The average Bonchev–Trinajstić information content (AvgIpc) is 2.62. The number of pyridine rings is 1. The number of carbonyl (C=O) groups excluding carboxylic acids is 1. The van der Waals surface area contributed by atoms with Crippen molar-refractivity contribution in [3.8, 4) is 16.9 Å². The third-order valence-corrected chi connectivity index (χ3v) is 3.57. The van der Waals surface area contributed by atoms with Crippen molar-refractivity contribution in [1.29, 1.82) is 0 Å². The number of nitrogens with zero attached hydrogens (tertiary/aromatic N) is 1. The first-order valence-corrected chi connectivity index (χ1v) is 7.83. The van der Waals surface area contributed by atoms with E-state index in [1.54, 1.807) is 12.1 Å².